The molecule has 0 aliphatic carbocycles. The lowest BCUT2D eigenvalue weighted by atomic mass is 10.2. The van der Waals surface area contributed by atoms with E-state index in [1.54, 1.807) is 6.07 Å². The van der Waals surface area contributed by atoms with Crippen molar-refractivity contribution in [2.45, 2.75) is 6.54 Å². The van der Waals surface area contributed by atoms with Gasteiger partial charge in [0.15, 0.2) is 0 Å². The van der Waals surface area contributed by atoms with Gasteiger partial charge in [0.2, 0.25) is 0 Å². The first kappa shape index (κ1) is 11.3. The van der Waals surface area contributed by atoms with Gasteiger partial charge in [-0.2, -0.15) is 0 Å². The van der Waals surface area contributed by atoms with Crippen LogP contribution in [0.4, 0.5) is 5.69 Å². The van der Waals surface area contributed by atoms with Crippen LogP contribution in [0.15, 0.2) is 42.5 Å². The van der Waals surface area contributed by atoms with Gasteiger partial charge < -0.3 is 5.32 Å². The van der Waals surface area contributed by atoms with Gasteiger partial charge in [-0.25, -0.2) is 0 Å². The van der Waals surface area contributed by atoms with Crippen LogP contribution in [0.2, 0.25) is 10.0 Å². The summed E-state index contributed by atoms with van der Waals surface area (Å²) in [6.07, 6.45) is 0. The highest BCUT2D eigenvalue weighted by Gasteiger charge is 1.98. The topological polar surface area (TPSA) is 12.0 Å². The molecule has 0 aliphatic rings. The summed E-state index contributed by atoms with van der Waals surface area (Å²) in [5, 5.41) is 4.59. The fourth-order valence-corrected chi connectivity index (χ4v) is 1.99. The van der Waals surface area contributed by atoms with E-state index in [0.717, 1.165) is 11.3 Å². The fourth-order valence-electron chi connectivity index (χ4n) is 1.42. The molecule has 81 valence electrons. The largest absolute Gasteiger partial charge is 0.381 e. The molecule has 0 saturated carbocycles. The maximum absolute atomic E-state index is 5.91. The molecule has 1 radical (unpaired) electrons. The number of hydrogen-bond donors (Lipinski definition) is 1. The van der Waals surface area contributed by atoms with Crippen molar-refractivity contribution in [3.8, 4) is 0 Å². The van der Waals surface area contributed by atoms with Crippen LogP contribution in [-0.2, 0) is 6.54 Å². The van der Waals surface area contributed by atoms with Crippen molar-refractivity contribution in [3.05, 3.63) is 64.1 Å². The van der Waals surface area contributed by atoms with Gasteiger partial charge in [-0.05, 0) is 42.0 Å². The molecule has 0 fully saturated rings. The van der Waals surface area contributed by atoms with E-state index in [1.165, 1.54) is 0 Å². The predicted octanol–water partition coefficient (Wildman–Crippen LogP) is 4.41. The summed E-state index contributed by atoms with van der Waals surface area (Å²) in [4.78, 5) is 0. The number of benzene rings is 2. The van der Waals surface area contributed by atoms with E-state index in [9.17, 15) is 0 Å². The molecule has 2 aromatic rings. The van der Waals surface area contributed by atoms with E-state index >= 15 is 0 Å². The molecule has 0 heterocycles. The van der Waals surface area contributed by atoms with E-state index in [2.05, 4.69) is 11.4 Å². The first-order chi connectivity index (χ1) is 7.74. The highest BCUT2D eigenvalue weighted by Crippen LogP contribution is 2.19. The van der Waals surface area contributed by atoms with Crippen molar-refractivity contribution >= 4 is 28.9 Å². The zero-order valence-corrected chi connectivity index (χ0v) is 10.0. The van der Waals surface area contributed by atoms with Crippen LogP contribution < -0.4 is 5.32 Å². The second kappa shape index (κ2) is 5.24. The third kappa shape index (κ3) is 3.16. The van der Waals surface area contributed by atoms with Crippen molar-refractivity contribution in [1.29, 1.82) is 0 Å². The second-order valence-electron chi connectivity index (χ2n) is 3.42. The van der Waals surface area contributed by atoms with Crippen molar-refractivity contribution in [3.63, 3.8) is 0 Å². The van der Waals surface area contributed by atoms with Gasteiger partial charge in [-0.3, -0.25) is 0 Å². The standard InChI is InChI=1S/C13H10Cl2N/c14-11-6-10(7-12(15)8-11)9-16-13-4-2-1-3-5-13/h2-8,16H,9H2. The van der Waals surface area contributed by atoms with E-state index in [0.29, 0.717) is 16.6 Å². The molecule has 16 heavy (non-hydrogen) atoms. The number of nitrogens with one attached hydrogen (secondary N) is 1. The lowest BCUT2D eigenvalue weighted by Crippen LogP contribution is -1.98. The van der Waals surface area contributed by atoms with E-state index < -0.39 is 0 Å². The number of halogens is 2. The van der Waals surface area contributed by atoms with Crippen LogP contribution in [0.5, 0.6) is 0 Å². The Morgan fingerprint density at radius 3 is 2.25 bits per heavy atom. The quantitative estimate of drug-likeness (QED) is 0.852. The summed E-state index contributed by atoms with van der Waals surface area (Å²) in [6, 6.07) is 16.2. The minimum absolute atomic E-state index is 0.658. The lowest BCUT2D eigenvalue weighted by Gasteiger charge is -2.07. The van der Waals surface area contributed by atoms with Gasteiger partial charge in [-0.15, -0.1) is 0 Å². The van der Waals surface area contributed by atoms with Gasteiger partial charge in [0.05, 0.1) is 0 Å². The molecule has 0 atom stereocenters. The molecule has 0 amide bonds. The molecule has 0 bridgehead atoms. The number of rotatable bonds is 3. The molecule has 0 spiro atoms. The highest BCUT2D eigenvalue weighted by atomic mass is 35.5. The Kier molecular flexibility index (Phi) is 3.70. The minimum Gasteiger partial charge on any atom is -0.381 e. The normalized spacial score (nSPS) is 10.1. The third-order valence-electron chi connectivity index (χ3n) is 2.14. The van der Waals surface area contributed by atoms with Crippen LogP contribution >= 0.6 is 23.2 Å². The Balaban J connectivity index is 2.05. The molecule has 1 N–H and O–H groups in total. The van der Waals surface area contributed by atoms with Crippen LogP contribution in [0.1, 0.15) is 5.56 Å². The monoisotopic (exact) mass is 250 g/mol. The molecule has 0 aliphatic heterocycles. The Morgan fingerprint density at radius 1 is 1.00 bits per heavy atom. The highest BCUT2D eigenvalue weighted by molar-refractivity contribution is 6.34. The molecule has 0 aromatic heterocycles. The maximum atomic E-state index is 5.91. The molecule has 2 aromatic carbocycles. The molecule has 3 heteroatoms. The predicted molar refractivity (Wildman–Crippen MR) is 69.1 cm³/mol. The van der Waals surface area contributed by atoms with Crippen molar-refractivity contribution in [2.75, 3.05) is 5.32 Å². The molecule has 2 rings (SSSR count). The summed E-state index contributed by atoms with van der Waals surface area (Å²) in [5.41, 5.74) is 2.11. The van der Waals surface area contributed by atoms with Crippen LogP contribution in [0.25, 0.3) is 0 Å². The maximum Gasteiger partial charge on any atom is 0.0424 e. The lowest BCUT2D eigenvalue weighted by molar-refractivity contribution is 1.15. The van der Waals surface area contributed by atoms with Crippen molar-refractivity contribution < 1.29 is 0 Å². The molecule has 0 saturated heterocycles. The molecular weight excluding hydrogens is 241 g/mol. The zero-order chi connectivity index (χ0) is 11.4. The van der Waals surface area contributed by atoms with Gasteiger partial charge in [0.1, 0.15) is 0 Å². The Morgan fingerprint density at radius 2 is 1.62 bits per heavy atom. The Labute approximate surface area is 105 Å². The first-order valence-electron chi connectivity index (χ1n) is 4.89. The number of hydrogen-bond acceptors (Lipinski definition) is 1. The summed E-state index contributed by atoms with van der Waals surface area (Å²) < 4.78 is 0. The average molecular weight is 251 g/mol. The fraction of sp³-hybridized carbons (Fsp3) is 0.0769. The molecule has 0 unspecified atom stereocenters. The first-order valence-corrected chi connectivity index (χ1v) is 5.64. The van der Waals surface area contributed by atoms with Gasteiger partial charge in [0.25, 0.3) is 0 Å². The second-order valence-corrected chi connectivity index (χ2v) is 4.29. The summed E-state index contributed by atoms with van der Waals surface area (Å²) >= 11 is 11.8. The zero-order valence-electron chi connectivity index (χ0n) is 8.50. The summed E-state index contributed by atoms with van der Waals surface area (Å²) in [5.74, 6) is 0. The van der Waals surface area contributed by atoms with Crippen molar-refractivity contribution in [1.82, 2.24) is 0 Å². The SMILES string of the molecule is Clc1cc(Cl)cc(CNc2cc[c]cc2)c1. The van der Waals surface area contributed by atoms with Crippen LogP contribution in [0.3, 0.4) is 0 Å². The molecular formula is C13H10Cl2N. The van der Waals surface area contributed by atoms with Crippen LogP contribution in [-0.4, -0.2) is 0 Å². The average Bonchev–Trinajstić information content (AvgIpc) is 2.27. The van der Waals surface area contributed by atoms with Gasteiger partial charge in [0, 0.05) is 22.3 Å². The van der Waals surface area contributed by atoms with Gasteiger partial charge in [-0.1, -0.05) is 35.3 Å². The van der Waals surface area contributed by atoms with E-state index in [1.807, 2.05) is 36.4 Å². The van der Waals surface area contributed by atoms with Gasteiger partial charge >= 0.3 is 0 Å². The Bertz CT molecular complexity index is 448. The third-order valence-corrected chi connectivity index (χ3v) is 2.57. The van der Waals surface area contributed by atoms with E-state index in [-0.39, 0.29) is 0 Å². The summed E-state index contributed by atoms with van der Waals surface area (Å²) in [7, 11) is 0. The Hall–Kier alpha value is -1.18. The van der Waals surface area contributed by atoms with Crippen molar-refractivity contribution in [2.24, 2.45) is 0 Å². The van der Waals surface area contributed by atoms with E-state index in [4.69, 9.17) is 23.2 Å². The minimum atomic E-state index is 0.658. The molecule has 1 nitrogen and oxygen atoms in total. The smallest absolute Gasteiger partial charge is 0.0424 e. The number of anilines is 1. The van der Waals surface area contributed by atoms with Crippen LogP contribution in [0, 0.1) is 6.07 Å². The summed E-state index contributed by atoms with van der Waals surface area (Å²) in [6.45, 7) is 0.699.